The van der Waals surface area contributed by atoms with Crippen molar-refractivity contribution in [1.82, 2.24) is 4.98 Å². The monoisotopic (exact) mass is 522 g/mol. The first-order chi connectivity index (χ1) is 17.3. The number of halogens is 3. The normalized spacial score (nSPS) is 12.7. The summed E-state index contributed by atoms with van der Waals surface area (Å²) in [5, 5.41) is 13.0. The first kappa shape index (κ1) is 25.5. The van der Waals surface area contributed by atoms with Crippen LogP contribution in [0.3, 0.4) is 0 Å². The van der Waals surface area contributed by atoms with Gasteiger partial charge in [-0.3, -0.25) is 4.98 Å². The molecule has 1 unspecified atom stereocenters. The molecule has 182 valence electrons. The number of hydrogen-bond acceptors (Lipinski definition) is 4. The van der Waals surface area contributed by atoms with Crippen LogP contribution < -0.4 is 0 Å². The molecular weight excluding hydrogens is 502 g/mol. The Hall–Kier alpha value is -3.61. The van der Waals surface area contributed by atoms with E-state index in [0.29, 0.717) is 11.1 Å². The van der Waals surface area contributed by atoms with Crippen molar-refractivity contribution >= 4 is 29.2 Å². The molecule has 3 aromatic carbocycles. The van der Waals surface area contributed by atoms with Gasteiger partial charge >= 0.3 is 5.97 Å². The maximum atomic E-state index is 15.0. The SMILES string of the molecule is Cc1cc(C(C[C@H](c2ccc(-c3ccc(C(=O)O)c(Cl)c3)cc2)c2ccc(Cl)cc2F)N=O)ccn1. The van der Waals surface area contributed by atoms with Crippen LogP contribution >= 0.6 is 23.2 Å². The topological polar surface area (TPSA) is 79.6 Å². The van der Waals surface area contributed by atoms with Crippen molar-refractivity contribution in [1.29, 1.82) is 0 Å². The summed E-state index contributed by atoms with van der Waals surface area (Å²) in [6.07, 6.45) is 1.86. The van der Waals surface area contributed by atoms with E-state index in [9.17, 15) is 14.8 Å². The molecule has 2 atom stereocenters. The van der Waals surface area contributed by atoms with Crippen molar-refractivity contribution in [3.8, 4) is 11.1 Å². The molecule has 1 heterocycles. The van der Waals surface area contributed by atoms with E-state index in [1.807, 2.05) is 31.2 Å². The average molecular weight is 523 g/mol. The van der Waals surface area contributed by atoms with E-state index in [4.69, 9.17) is 23.2 Å². The Balaban J connectivity index is 1.72. The second-order valence-electron chi connectivity index (χ2n) is 8.43. The quantitative estimate of drug-likeness (QED) is 0.236. The Morgan fingerprint density at radius 1 is 0.972 bits per heavy atom. The Morgan fingerprint density at radius 3 is 2.31 bits per heavy atom. The van der Waals surface area contributed by atoms with E-state index in [0.717, 1.165) is 22.4 Å². The summed E-state index contributed by atoms with van der Waals surface area (Å²) in [7, 11) is 0. The fraction of sp³-hybridized carbons (Fsp3) is 0.143. The number of carbonyl (C=O) groups is 1. The van der Waals surface area contributed by atoms with Crippen LogP contribution in [-0.4, -0.2) is 16.1 Å². The Bertz CT molecular complexity index is 1430. The zero-order valence-corrected chi connectivity index (χ0v) is 20.7. The summed E-state index contributed by atoms with van der Waals surface area (Å²) < 4.78 is 15.0. The Morgan fingerprint density at radius 2 is 1.69 bits per heavy atom. The van der Waals surface area contributed by atoms with Crippen LogP contribution in [0, 0.1) is 17.6 Å². The highest BCUT2D eigenvalue weighted by molar-refractivity contribution is 6.33. The highest BCUT2D eigenvalue weighted by Crippen LogP contribution is 2.38. The van der Waals surface area contributed by atoms with Crippen molar-refractivity contribution in [2.45, 2.75) is 25.3 Å². The molecule has 0 radical (unpaired) electrons. The van der Waals surface area contributed by atoms with Gasteiger partial charge in [0, 0.05) is 22.8 Å². The number of carboxylic acid groups (broad SMARTS) is 1. The maximum absolute atomic E-state index is 15.0. The second kappa shape index (κ2) is 11.0. The summed E-state index contributed by atoms with van der Waals surface area (Å²) in [4.78, 5) is 27.3. The lowest BCUT2D eigenvalue weighted by Crippen LogP contribution is -2.09. The van der Waals surface area contributed by atoms with Gasteiger partial charge in [-0.1, -0.05) is 64.8 Å². The summed E-state index contributed by atoms with van der Waals surface area (Å²) in [5.74, 6) is -2.05. The molecule has 0 aliphatic rings. The zero-order valence-electron chi connectivity index (χ0n) is 19.2. The van der Waals surface area contributed by atoms with Crippen LogP contribution in [0.4, 0.5) is 4.39 Å². The standard InChI is InChI=1S/C28H21Cl2FN2O3/c1-16-12-20(10-11-32-16)27(33-36)15-24(22-9-7-21(29)14-26(22)31)18-4-2-17(3-5-18)19-6-8-23(28(34)35)25(30)13-19/h2-14,24,27H,15H2,1H3,(H,34,35)/t24-,27?/m1/s1. The molecular formula is C28H21Cl2FN2O3. The zero-order chi connectivity index (χ0) is 25.8. The second-order valence-corrected chi connectivity index (χ2v) is 9.27. The first-order valence-electron chi connectivity index (χ1n) is 11.1. The molecule has 0 saturated carbocycles. The van der Waals surface area contributed by atoms with Gasteiger partial charge in [-0.25, -0.2) is 9.18 Å². The fourth-order valence-corrected chi connectivity index (χ4v) is 4.66. The van der Waals surface area contributed by atoms with Gasteiger partial charge in [0.05, 0.1) is 10.6 Å². The number of carboxylic acids is 1. The van der Waals surface area contributed by atoms with E-state index >= 15 is 4.39 Å². The van der Waals surface area contributed by atoms with Gasteiger partial charge in [0.1, 0.15) is 11.9 Å². The maximum Gasteiger partial charge on any atom is 0.337 e. The molecule has 0 aliphatic carbocycles. The molecule has 0 spiro atoms. The van der Waals surface area contributed by atoms with Crippen molar-refractivity contribution in [2.75, 3.05) is 0 Å². The molecule has 36 heavy (non-hydrogen) atoms. The average Bonchev–Trinajstić information content (AvgIpc) is 2.85. The Kier molecular flexibility index (Phi) is 7.77. The van der Waals surface area contributed by atoms with E-state index < -0.39 is 23.7 Å². The molecule has 1 N–H and O–H groups in total. The van der Waals surface area contributed by atoms with Gasteiger partial charge in [-0.15, -0.1) is 0 Å². The van der Waals surface area contributed by atoms with Gasteiger partial charge in [0.25, 0.3) is 0 Å². The highest BCUT2D eigenvalue weighted by Gasteiger charge is 2.25. The van der Waals surface area contributed by atoms with Crippen molar-refractivity contribution in [2.24, 2.45) is 5.18 Å². The van der Waals surface area contributed by atoms with Crippen LogP contribution in [0.1, 0.15) is 51.1 Å². The largest absolute Gasteiger partial charge is 0.478 e. The minimum absolute atomic E-state index is 0.0223. The van der Waals surface area contributed by atoms with Crippen molar-refractivity contribution in [3.05, 3.63) is 128 Å². The predicted molar refractivity (Wildman–Crippen MR) is 139 cm³/mol. The van der Waals surface area contributed by atoms with Crippen LogP contribution in [0.25, 0.3) is 11.1 Å². The summed E-state index contributed by atoms with van der Waals surface area (Å²) in [6, 6.07) is 19.5. The van der Waals surface area contributed by atoms with E-state index in [1.54, 1.807) is 42.6 Å². The smallest absolute Gasteiger partial charge is 0.337 e. The summed E-state index contributed by atoms with van der Waals surface area (Å²) >= 11 is 12.1. The number of hydrogen-bond donors (Lipinski definition) is 1. The molecule has 0 aliphatic heterocycles. The molecule has 0 saturated heterocycles. The van der Waals surface area contributed by atoms with E-state index in [1.165, 1.54) is 12.1 Å². The lowest BCUT2D eigenvalue weighted by molar-refractivity contribution is 0.0697. The Labute approximate surface area is 217 Å². The third kappa shape index (κ3) is 5.61. The van der Waals surface area contributed by atoms with Gasteiger partial charge in [0.2, 0.25) is 0 Å². The third-order valence-corrected chi connectivity index (χ3v) is 6.62. The number of aryl methyl sites for hydroxylation is 1. The minimum atomic E-state index is -1.10. The third-order valence-electron chi connectivity index (χ3n) is 6.08. The number of pyridine rings is 1. The number of aromatic nitrogens is 1. The van der Waals surface area contributed by atoms with E-state index in [2.05, 4.69) is 10.2 Å². The molecule has 0 amide bonds. The minimum Gasteiger partial charge on any atom is -0.478 e. The van der Waals surface area contributed by atoms with Crippen molar-refractivity contribution in [3.63, 3.8) is 0 Å². The molecule has 0 bridgehead atoms. The summed E-state index contributed by atoms with van der Waals surface area (Å²) in [6.45, 7) is 1.83. The van der Waals surface area contributed by atoms with Crippen LogP contribution in [0.2, 0.25) is 10.0 Å². The molecule has 4 aromatic rings. The molecule has 8 heteroatoms. The van der Waals surface area contributed by atoms with E-state index in [-0.39, 0.29) is 22.0 Å². The number of aromatic carboxylic acids is 1. The first-order valence-corrected chi connectivity index (χ1v) is 11.9. The number of rotatable bonds is 8. The van der Waals surface area contributed by atoms with Crippen LogP contribution in [0.5, 0.6) is 0 Å². The van der Waals surface area contributed by atoms with Crippen molar-refractivity contribution < 1.29 is 14.3 Å². The lowest BCUT2D eigenvalue weighted by Gasteiger charge is -2.22. The molecule has 5 nitrogen and oxygen atoms in total. The van der Waals surface area contributed by atoms with Gasteiger partial charge in [0.15, 0.2) is 0 Å². The number of nitroso groups, excluding NO2 is 1. The van der Waals surface area contributed by atoms with Crippen LogP contribution in [-0.2, 0) is 0 Å². The van der Waals surface area contributed by atoms with Crippen LogP contribution in [0.15, 0.2) is 84.2 Å². The number of nitrogens with zero attached hydrogens (tertiary/aromatic N) is 2. The fourth-order valence-electron chi connectivity index (χ4n) is 4.24. The predicted octanol–water partition coefficient (Wildman–Crippen LogP) is 8.23. The lowest BCUT2D eigenvalue weighted by atomic mass is 9.83. The molecule has 1 aromatic heterocycles. The molecule has 0 fully saturated rings. The van der Waals surface area contributed by atoms with Gasteiger partial charge < -0.3 is 5.11 Å². The summed E-state index contributed by atoms with van der Waals surface area (Å²) in [5.41, 5.74) is 4.23. The highest BCUT2D eigenvalue weighted by atomic mass is 35.5. The number of benzene rings is 3. The van der Waals surface area contributed by atoms with Gasteiger partial charge in [-0.05, 0) is 77.6 Å². The van der Waals surface area contributed by atoms with Gasteiger partial charge in [-0.2, -0.15) is 4.91 Å². The molecule has 4 rings (SSSR count).